The molecule has 3 atom stereocenters. The van der Waals surface area contributed by atoms with Crippen LogP contribution in [0.4, 0.5) is 0 Å². The fourth-order valence-corrected chi connectivity index (χ4v) is 4.79. The van der Waals surface area contributed by atoms with Gasteiger partial charge in [0, 0.05) is 24.9 Å². The van der Waals surface area contributed by atoms with Gasteiger partial charge in [0.15, 0.2) is 9.84 Å². The standard InChI is InChI=1S/C17H27NO3S/c1-22(20,21)17-12-6-5-10-16(17)18-15(11-7-13-19)14-8-3-2-4-9-14/h2-4,8-9,15-19H,5-7,10-13H2,1H3. The molecule has 0 saturated heterocycles. The smallest absolute Gasteiger partial charge is 0.151 e. The number of hydrogen-bond acceptors (Lipinski definition) is 4. The average Bonchev–Trinajstić information content (AvgIpc) is 2.51. The van der Waals surface area contributed by atoms with Crippen LogP contribution in [0.5, 0.6) is 0 Å². The summed E-state index contributed by atoms with van der Waals surface area (Å²) in [7, 11) is -3.04. The second kappa shape index (κ2) is 8.09. The zero-order valence-electron chi connectivity index (χ0n) is 13.2. The fourth-order valence-electron chi connectivity index (χ4n) is 3.39. The predicted molar refractivity (Wildman–Crippen MR) is 89.5 cm³/mol. The first-order valence-electron chi connectivity index (χ1n) is 8.13. The van der Waals surface area contributed by atoms with Crippen molar-refractivity contribution in [3.8, 4) is 0 Å². The second-order valence-electron chi connectivity index (χ2n) is 6.25. The van der Waals surface area contributed by atoms with Crippen LogP contribution in [0.2, 0.25) is 0 Å². The predicted octanol–water partition coefficient (Wildman–Crippen LogP) is 2.45. The van der Waals surface area contributed by atoms with Crippen LogP contribution in [0.25, 0.3) is 0 Å². The zero-order chi connectivity index (χ0) is 16.0. The molecule has 0 spiro atoms. The Morgan fingerprint density at radius 2 is 1.91 bits per heavy atom. The summed E-state index contributed by atoms with van der Waals surface area (Å²) < 4.78 is 24.1. The maximum absolute atomic E-state index is 12.0. The minimum atomic E-state index is -3.04. The van der Waals surface area contributed by atoms with E-state index in [1.807, 2.05) is 18.2 Å². The van der Waals surface area contributed by atoms with Crippen molar-refractivity contribution in [2.75, 3.05) is 12.9 Å². The third-order valence-corrected chi connectivity index (χ3v) is 6.18. The lowest BCUT2D eigenvalue weighted by Crippen LogP contribution is -2.47. The number of rotatable bonds is 7. The largest absolute Gasteiger partial charge is 0.396 e. The maximum Gasteiger partial charge on any atom is 0.151 e. The molecule has 0 radical (unpaired) electrons. The van der Waals surface area contributed by atoms with Crippen LogP contribution in [0, 0.1) is 0 Å². The highest BCUT2D eigenvalue weighted by atomic mass is 32.2. The summed E-state index contributed by atoms with van der Waals surface area (Å²) in [5.74, 6) is 0. The van der Waals surface area contributed by atoms with E-state index in [9.17, 15) is 8.42 Å². The maximum atomic E-state index is 12.0. The number of sulfone groups is 1. The number of hydrogen-bond donors (Lipinski definition) is 2. The lowest BCUT2D eigenvalue weighted by molar-refractivity contribution is 0.265. The van der Waals surface area contributed by atoms with E-state index in [4.69, 9.17) is 5.11 Å². The molecule has 0 amide bonds. The Bertz CT molecular complexity index is 544. The van der Waals surface area contributed by atoms with Crippen LogP contribution in [0.1, 0.15) is 50.1 Å². The van der Waals surface area contributed by atoms with E-state index in [1.54, 1.807) is 0 Å². The highest BCUT2D eigenvalue weighted by molar-refractivity contribution is 7.91. The van der Waals surface area contributed by atoms with E-state index >= 15 is 0 Å². The first-order valence-corrected chi connectivity index (χ1v) is 10.1. The monoisotopic (exact) mass is 325 g/mol. The van der Waals surface area contributed by atoms with E-state index in [0.717, 1.165) is 37.7 Å². The Hall–Kier alpha value is -0.910. The molecule has 1 aliphatic rings. The Kier molecular flexibility index (Phi) is 6.41. The van der Waals surface area contributed by atoms with Crippen molar-refractivity contribution in [2.24, 2.45) is 0 Å². The molecule has 22 heavy (non-hydrogen) atoms. The van der Waals surface area contributed by atoms with E-state index in [1.165, 1.54) is 6.26 Å². The van der Waals surface area contributed by atoms with Crippen molar-refractivity contribution in [3.05, 3.63) is 35.9 Å². The highest BCUT2D eigenvalue weighted by Crippen LogP contribution is 2.28. The fraction of sp³-hybridized carbons (Fsp3) is 0.647. The van der Waals surface area contributed by atoms with Crippen LogP contribution in [0.3, 0.4) is 0 Å². The van der Waals surface area contributed by atoms with Crippen molar-refractivity contribution >= 4 is 9.84 Å². The molecule has 1 saturated carbocycles. The topological polar surface area (TPSA) is 66.4 Å². The molecule has 124 valence electrons. The first kappa shape index (κ1) is 17.4. The lowest BCUT2D eigenvalue weighted by atomic mass is 9.92. The number of nitrogens with one attached hydrogen (secondary N) is 1. The van der Waals surface area contributed by atoms with Gasteiger partial charge in [-0.1, -0.05) is 43.2 Å². The van der Waals surface area contributed by atoms with Crippen LogP contribution < -0.4 is 5.32 Å². The Labute approximate surface area is 133 Å². The van der Waals surface area contributed by atoms with Gasteiger partial charge >= 0.3 is 0 Å². The first-order chi connectivity index (χ1) is 10.5. The molecule has 2 N–H and O–H groups in total. The third-order valence-electron chi connectivity index (χ3n) is 4.52. The average molecular weight is 325 g/mol. The summed E-state index contributed by atoms with van der Waals surface area (Å²) in [4.78, 5) is 0. The Balaban J connectivity index is 2.14. The van der Waals surface area contributed by atoms with Gasteiger partial charge in [-0.25, -0.2) is 8.42 Å². The van der Waals surface area contributed by atoms with Crippen molar-refractivity contribution in [1.29, 1.82) is 0 Å². The molecule has 1 aliphatic carbocycles. The molecular formula is C17H27NO3S. The molecule has 3 unspecified atom stereocenters. The van der Waals surface area contributed by atoms with Crippen LogP contribution in [0.15, 0.2) is 30.3 Å². The van der Waals surface area contributed by atoms with Crippen molar-refractivity contribution < 1.29 is 13.5 Å². The van der Waals surface area contributed by atoms with E-state index in [2.05, 4.69) is 17.4 Å². The molecule has 0 heterocycles. The van der Waals surface area contributed by atoms with Gasteiger partial charge in [-0.3, -0.25) is 0 Å². The van der Waals surface area contributed by atoms with Crippen molar-refractivity contribution in [2.45, 2.75) is 55.9 Å². The molecule has 0 bridgehead atoms. The van der Waals surface area contributed by atoms with Crippen molar-refractivity contribution in [3.63, 3.8) is 0 Å². The molecule has 0 aromatic heterocycles. The summed E-state index contributed by atoms with van der Waals surface area (Å²) in [6.45, 7) is 0.158. The number of aliphatic hydroxyl groups excluding tert-OH is 1. The number of benzene rings is 1. The molecule has 0 aliphatic heterocycles. The number of aliphatic hydroxyl groups is 1. The molecular weight excluding hydrogens is 298 g/mol. The van der Waals surface area contributed by atoms with Crippen LogP contribution in [-0.4, -0.2) is 37.7 Å². The Morgan fingerprint density at radius 1 is 1.23 bits per heavy atom. The lowest BCUT2D eigenvalue weighted by Gasteiger charge is -2.34. The van der Waals surface area contributed by atoms with Crippen molar-refractivity contribution in [1.82, 2.24) is 5.32 Å². The summed E-state index contributed by atoms with van der Waals surface area (Å²) in [6, 6.07) is 10.2. The quantitative estimate of drug-likeness (QED) is 0.808. The van der Waals surface area contributed by atoms with Crippen LogP contribution in [-0.2, 0) is 9.84 Å². The molecule has 1 aromatic carbocycles. The van der Waals surface area contributed by atoms with Crippen LogP contribution >= 0.6 is 0 Å². The summed E-state index contributed by atoms with van der Waals surface area (Å²) in [5, 5.41) is 12.4. The van der Waals surface area contributed by atoms with Gasteiger partial charge in [0.1, 0.15) is 0 Å². The van der Waals surface area contributed by atoms with Gasteiger partial charge in [-0.15, -0.1) is 0 Å². The molecule has 4 nitrogen and oxygen atoms in total. The normalized spacial score (nSPS) is 24.1. The summed E-state index contributed by atoms with van der Waals surface area (Å²) >= 11 is 0. The van der Waals surface area contributed by atoms with E-state index in [-0.39, 0.29) is 23.9 Å². The van der Waals surface area contributed by atoms with E-state index < -0.39 is 9.84 Å². The molecule has 1 fully saturated rings. The van der Waals surface area contributed by atoms with Gasteiger partial charge < -0.3 is 10.4 Å². The molecule has 1 aromatic rings. The van der Waals surface area contributed by atoms with Gasteiger partial charge in [0.05, 0.1) is 5.25 Å². The molecule has 2 rings (SSSR count). The highest BCUT2D eigenvalue weighted by Gasteiger charge is 2.33. The minimum absolute atomic E-state index is 0.00708. The Morgan fingerprint density at radius 3 is 2.55 bits per heavy atom. The minimum Gasteiger partial charge on any atom is -0.396 e. The molecule has 5 heteroatoms. The SMILES string of the molecule is CS(=O)(=O)C1CCCCC1NC(CCCO)c1ccccc1. The summed E-state index contributed by atoms with van der Waals surface area (Å²) in [6.07, 6.45) is 6.59. The van der Waals surface area contributed by atoms with Gasteiger partial charge in [0.2, 0.25) is 0 Å². The van der Waals surface area contributed by atoms with Gasteiger partial charge in [-0.05, 0) is 31.2 Å². The zero-order valence-corrected chi connectivity index (χ0v) is 14.1. The van der Waals surface area contributed by atoms with Gasteiger partial charge in [-0.2, -0.15) is 0 Å². The second-order valence-corrected chi connectivity index (χ2v) is 8.52. The van der Waals surface area contributed by atoms with Gasteiger partial charge in [0.25, 0.3) is 0 Å². The van der Waals surface area contributed by atoms with E-state index in [0.29, 0.717) is 6.42 Å². The summed E-state index contributed by atoms with van der Waals surface area (Å²) in [5.41, 5.74) is 1.16. The third kappa shape index (κ3) is 4.80.